The summed E-state index contributed by atoms with van der Waals surface area (Å²) in [5.41, 5.74) is 0. The molecule has 3 rings (SSSR count). The van der Waals surface area contributed by atoms with Gasteiger partial charge in [0.25, 0.3) is 0 Å². The molecule has 160 valence electrons. The highest BCUT2D eigenvalue weighted by Gasteiger charge is 2.41. The minimum Gasteiger partial charge on any atom is -0.468 e. The Balaban J connectivity index is 0.00000280. The minimum absolute atomic E-state index is 0. The van der Waals surface area contributed by atoms with Crippen LogP contribution in [0.15, 0.2) is 27.8 Å². The average molecular weight is 524 g/mol. The Hall–Kier alpha value is -0.810. The van der Waals surface area contributed by atoms with Crippen LogP contribution in [0.3, 0.4) is 0 Å². The molecule has 0 spiro atoms. The number of guanidine groups is 1. The normalized spacial score (nSPS) is 23.7. The lowest BCUT2D eigenvalue weighted by atomic mass is 10.1. The molecule has 2 aliphatic heterocycles. The molecule has 1 aromatic heterocycles. The molecular weight excluding hydrogens is 491 g/mol. The molecule has 1 aromatic rings. The lowest BCUT2D eigenvalue weighted by Gasteiger charge is -2.40. The van der Waals surface area contributed by atoms with Crippen molar-refractivity contribution in [3.63, 3.8) is 0 Å². The molecule has 0 radical (unpaired) electrons. The van der Waals surface area contributed by atoms with Gasteiger partial charge in [0.15, 0.2) is 15.8 Å². The number of sulfone groups is 1. The largest absolute Gasteiger partial charge is 0.468 e. The highest BCUT2D eigenvalue weighted by Crippen LogP contribution is 2.26. The summed E-state index contributed by atoms with van der Waals surface area (Å²) in [7, 11) is -1.32. The Bertz CT molecular complexity index is 743. The number of aliphatic imine (C=N–C) groups is 1. The first-order valence-electron chi connectivity index (χ1n) is 9.79. The molecule has 1 unspecified atom stereocenters. The number of piperidine rings is 1. The van der Waals surface area contributed by atoms with Crippen LogP contribution < -0.4 is 5.32 Å². The van der Waals surface area contributed by atoms with Crippen molar-refractivity contribution in [1.29, 1.82) is 0 Å². The summed E-state index contributed by atoms with van der Waals surface area (Å²) in [5.74, 6) is 1.88. The van der Waals surface area contributed by atoms with Gasteiger partial charge >= 0.3 is 0 Å². The molecule has 3 heterocycles. The maximum Gasteiger partial charge on any atom is 0.193 e. The molecule has 1 N–H and O–H groups in total. The first-order valence-corrected chi connectivity index (χ1v) is 11.4. The monoisotopic (exact) mass is 524 g/mol. The van der Waals surface area contributed by atoms with Crippen LogP contribution in [0.2, 0.25) is 0 Å². The lowest BCUT2D eigenvalue weighted by molar-refractivity contribution is 0.145. The zero-order valence-electron chi connectivity index (χ0n) is 17.1. The molecule has 0 bridgehead atoms. The number of nitrogens with one attached hydrogen (secondary N) is 1. The van der Waals surface area contributed by atoms with Crippen molar-refractivity contribution >= 4 is 39.8 Å². The lowest BCUT2D eigenvalue weighted by Crippen LogP contribution is -2.57. The van der Waals surface area contributed by atoms with E-state index in [2.05, 4.69) is 20.1 Å². The van der Waals surface area contributed by atoms with Gasteiger partial charge < -0.3 is 14.6 Å². The Morgan fingerprint density at radius 2 is 2.00 bits per heavy atom. The standard InChI is InChI=1S/C19H32N4O3S.HI/c1-19(2)15-23(11-13-27(19,24)25)18(20-3)21-14-16(17-8-7-12-26-17)22-9-5-4-6-10-22;/h7-8,12,16H,4-6,9-11,13-15H2,1-3H3,(H,20,21);1H. The maximum atomic E-state index is 12.3. The number of hydrogen-bond acceptors (Lipinski definition) is 5. The van der Waals surface area contributed by atoms with Gasteiger partial charge in [-0.3, -0.25) is 9.89 Å². The van der Waals surface area contributed by atoms with Crippen LogP contribution in [0.25, 0.3) is 0 Å². The van der Waals surface area contributed by atoms with Gasteiger partial charge in [0.2, 0.25) is 0 Å². The Kier molecular flexibility index (Phi) is 8.21. The molecule has 0 saturated carbocycles. The van der Waals surface area contributed by atoms with E-state index >= 15 is 0 Å². The molecule has 0 aromatic carbocycles. The highest BCUT2D eigenvalue weighted by atomic mass is 127. The van der Waals surface area contributed by atoms with Crippen molar-refractivity contribution in [1.82, 2.24) is 15.1 Å². The van der Waals surface area contributed by atoms with E-state index in [1.807, 2.05) is 12.1 Å². The quantitative estimate of drug-likeness (QED) is 0.371. The molecule has 0 amide bonds. The Morgan fingerprint density at radius 1 is 1.29 bits per heavy atom. The number of furan rings is 1. The molecule has 9 heteroatoms. The summed E-state index contributed by atoms with van der Waals surface area (Å²) in [6.07, 6.45) is 5.43. The predicted molar refractivity (Wildman–Crippen MR) is 123 cm³/mol. The van der Waals surface area contributed by atoms with E-state index in [-0.39, 0.29) is 35.8 Å². The number of likely N-dealkylation sites (tertiary alicyclic amines) is 1. The van der Waals surface area contributed by atoms with Crippen molar-refractivity contribution in [2.75, 3.05) is 45.5 Å². The highest BCUT2D eigenvalue weighted by molar-refractivity contribution is 14.0. The summed E-state index contributed by atoms with van der Waals surface area (Å²) in [4.78, 5) is 8.93. The van der Waals surface area contributed by atoms with Crippen molar-refractivity contribution in [2.45, 2.75) is 43.9 Å². The van der Waals surface area contributed by atoms with Crippen LogP contribution in [0.4, 0.5) is 0 Å². The van der Waals surface area contributed by atoms with Gasteiger partial charge in [0.05, 0.1) is 22.8 Å². The van der Waals surface area contributed by atoms with E-state index in [0.717, 1.165) is 24.8 Å². The number of halogens is 1. The fourth-order valence-corrected chi connectivity index (χ4v) is 5.33. The number of hydrogen-bond donors (Lipinski definition) is 1. The Morgan fingerprint density at radius 3 is 2.57 bits per heavy atom. The molecule has 1 atom stereocenters. The van der Waals surface area contributed by atoms with Crippen LogP contribution in [0.5, 0.6) is 0 Å². The van der Waals surface area contributed by atoms with E-state index in [4.69, 9.17) is 4.42 Å². The Labute approximate surface area is 185 Å². The van der Waals surface area contributed by atoms with Crippen molar-refractivity contribution < 1.29 is 12.8 Å². The SMILES string of the molecule is CN=C(NCC(c1ccco1)N1CCCCC1)N1CCS(=O)(=O)C(C)(C)C1.I. The van der Waals surface area contributed by atoms with Crippen LogP contribution in [-0.2, 0) is 9.84 Å². The third-order valence-corrected chi connectivity index (χ3v) is 8.24. The van der Waals surface area contributed by atoms with E-state index < -0.39 is 14.6 Å². The molecule has 7 nitrogen and oxygen atoms in total. The summed E-state index contributed by atoms with van der Waals surface area (Å²) in [5, 5.41) is 3.47. The first-order chi connectivity index (χ1) is 12.8. The summed E-state index contributed by atoms with van der Waals surface area (Å²) in [6.45, 7) is 7.33. The van der Waals surface area contributed by atoms with Gasteiger partial charge in [-0.1, -0.05) is 6.42 Å². The predicted octanol–water partition coefficient (Wildman–Crippen LogP) is 2.51. The van der Waals surface area contributed by atoms with Crippen molar-refractivity contribution in [3.05, 3.63) is 24.2 Å². The number of rotatable bonds is 4. The fraction of sp³-hybridized carbons (Fsp3) is 0.737. The maximum absolute atomic E-state index is 12.3. The van der Waals surface area contributed by atoms with E-state index in [1.54, 1.807) is 27.2 Å². The second kappa shape index (κ2) is 9.80. The summed E-state index contributed by atoms with van der Waals surface area (Å²) < 4.78 is 29.5. The van der Waals surface area contributed by atoms with Crippen LogP contribution >= 0.6 is 24.0 Å². The van der Waals surface area contributed by atoms with Gasteiger partial charge in [0, 0.05) is 26.7 Å². The zero-order valence-corrected chi connectivity index (χ0v) is 20.2. The third kappa shape index (κ3) is 5.21. The fourth-order valence-electron chi connectivity index (χ4n) is 3.97. The summed E-state index contributed by atoms with van der Waals surface area (Å²) >= 11 is 0. The average Bonchev–Trinajstić information content (AvgIpc) is 3.16. The van der Waals surface area contributed by atoms with E-state index in [0.29, 0.717) is 19.6 Å². The van der Waals surface area contributed by atoms with Crippen LogP contribution in [0, 0.1) is 0 Å². The molecule has 2 fully saturated rings. The van der Waals surface area contributed by atoms with Gasteiger partial charge in [-0.25, -0.2) is 8.42 Å². The van der Waals surface area contributed by atoms with Crippen molar-refractivity contribution in [2.24, 2.45) is 4.99 Å². The first kappa shape index (κ1) is 23.5. The van der Waals surface area contributed by atoms with Gasteiger partial charge in [0.1, 0.15) is 5.76 Å². The molecule has 28 heavy (non-hydrogen) atoms. The zero-order chi connectivity index (χ0) is 19.5. The summed E-state index contributed by atoms with van der Waals surface area (Å²) in [6, 6.07) is 4.11. The van der Waals surface area contributed by atoms with Gasteiger partial charge in [-0.15, -0.1) is 24.0 Å². The second-order valence-corrected chi connectivity index (χ2v) is 10.8. The van der Waals surface area contributed by atoms with Gasteiger partial charge in [-0.2, -0.15) is 0 Å². The molecule has 2 saturated heterocycles. The van der Waals surface area contributed by atoms with E-state index in [1.165, 1.54) is 19.3 Å². The number of nitrogens with zero attached hydrogens (tertiary/aromatic N) is 3. The topological polar surface area (TPSA) is 78.2 Å². The van der Waals surface area contributed by atoms with Crippen LogP contribution in [0.1, 0.15) is 44.9 Å². The van der Waals surface area contributed by atoms with Crippen LogP contribution in [-0.4, -0.2) is 74.4 Å². The smallest absolute Gasteiger partial charge is 0.193 e. The second-order valence-electron chi connectivity index (χ2n) is 8.06. The minimum atomic E-state index is -3.07. The molecule has 2 aliphatic rings. The third-order valence-electron chi connectivity index (χ3n) is 5.71. The van der Waals surface area contributed by atoms with Crippen molar-refractivity contribution in [3.8, 4) is 0 Å². The van der Waals surface area contributed by atoms with Gasteiger partial charge in [-0.05, 0) is 51.9 Å². The molecule has 0 aliphatic carbocycles. The van der Waals surface area contributed by atoms with E-state index in [9.17, 15) is 8.42 Å². The molecular formula is C19H33IN4O3S.